The predicted molar refractivity (Wildman–Crippen MR) is 60.2 cm³/mol. The highest BCUT2D eigenvalue weighted by molar-refractivity contribution is 6.04. The fraction of sp³-hybridized carbons (Fsp3) is 0.250. The Bertz CT molecular complexity index is 414. The molecule has 0 heterocycles. The van der Waals surface area contributed by atoms with Crippen molar-refractivity contribution in [2.45, 2.75) is 12.8 Å². The van der Waals surface area contributed by atoms with Crippen LogP contribution in [0, 0.1) is 0 Å². The van der Waals surface area contributed by atoms with Crippen molar-refractivity contribution in [3.05, 3.63) is 35.9 Å². The van der Waals surface area contributed by atoms with E-state index < -0.39 is 17.8 Å². The van der Waals surface area contributed by atoms with E-state index in [9.17, 15) is 14.4 Å². The molecule has 5 nitrogen and oxygen atoms in total. The number of imide groups is 1. The average Bonchev–Trinajstić information content (AvgIpc) is 2.36. The van der Waals surface area contributed by atoms with Crippen LogP contribution in [0.4, 0.5) is 0 Å². The first-order valence-electron chi connectivity index (χ1n) is 5.09. The normalized spacial score (nSPS) is 9.47. The summed E-state index contributed by atoms with van der Waals surface area (Å²) in [6.45, 7) is 0. The van der Waals surface area contributed by atoms with Gasteiger partial charge in [-0.2, -0.15) is 0 Å². The van der Waals surface area contributed by atoms with Crippen molar-refractivity contribution in [3.63, 3.8) is 0 Å². The van der Waals surface area contributed by atoms with Gasteiger partial charge in [-0.1, -0.05) is 18.2 Å². The highest BCUT2D eigenvalue weighted by atomic mass is 16.5. The maximum atomic E-state index is 11.5. The van der Waals surface area contributed by atoms with Crippen molar-refractivity contribution in [3.8, 4) is 0 Å². The summed E-state index contributed by atoms with van der Waals surface area (Å²) in [5.74, 6) is -1.45. The second-order valence-electron chi connectivity index (χ2n) is 3.32. The first-order chi connectivity index (χ1) is 8.13. The van der Waals surface area contributed by atoms with Crippen molar-refractivity contribution in [1.82, 2.24) is 5.32 Å². The molecular weight excluding hydrogens is 222 g/mol. The van der Waals surface area contributed by atoms with Crippen molar-refractivity contribution < 1.29 is 19.1 Å². The first-order valence-corrected chi connectivity index (χ1v) is 5.09. The van der Waals surface area contributed by atoms with Gasteiger partial charge in [0.2, 0.25) is 5.91 Å². The zero-order chi connectivity index (χ0) is 12.7. The fourth-order valence-corrected chi connectivity index (χ4v) is 1.17. The van der Waals surface area contributed by atoms with E-state index in [1.807, 2.05) is 0 Å². The van der Waals surface area contributed by atoms with Gasteiger partial charge in [0.25, 0.3) is 5.91 Å². The van der Waals surface area contributed by atoms with Gasteiger partial charge in [0.1, 0.15) is 0 Å². The van der Waals surface area contributed by atoms with Crippen LogP contribution in [0.15, 0.2) is 30.3 Å². The van der Waals surface area contributed by atoms with E-state index in [0.29, 0.717) is 5.56 Å². The van der Waals surface area contributed by atoms with E-state index in [1.165, 1.54) is 7.11 Å². The number of hydrogen-bond acceptors (Lipinski definition) is 4. The van der Waals surface area contributed by atoms with Crippen LogP contribution < -0.4 is 5.32 Å². The maximum Gasteiger partial charge on any atom is 0.306 e. The van der Waals surface area contributed by atoms with Gasteiger partial charge in [-0.05, 0) is 12.1 Å². The molecular formula is C12H13NO4. The van der Waals surface area contributed by atoms with Gasteiger partial charge < -0.3 is 4.74 Å². The number of benzene rings is 1. The molecule has 0 fully saturated rings. The number of esters is 1. The van der Waals surface area contributed by atoms with Crippen LogP contribution in [0.3, 0.4) is 0 Å². The topological polar surface area (TPSA) is 72.5 Å². The molecule has 5 heteroatoms. The quantitative estimate of drug-likeness (QED) is 0.787. The standard InChI is InChI=1S/C12H13NO4/c1-17-11(15)8-7-10(14)13-12(16)9-5-3-2-4-6-9/h2-6H,7-8H2,1H3,(H,13,14,16). The molecule has 0 aliphatic heterocycles. The summed E-state index contributed by atoms with van der Waals surface area (Å²) in [4.78, 5) is 33.6. The molecule has 0 aromatic heterocycles. The minimum Gasteiger partial charge on any atom is -0.469 e. The van der Waals surface area contributed by atoms with Crippen LogP contribution in [0.5, 0.6) is 0 Å². The average molecular weight is 235 g/mol. The summed E-state index contributed by atoms with van der Waals surface area (Å²) in [7, 11) is 1.25. The third kappa shape index (κ3) is 4.46. The molecule has 1 aromatic rings. The molecule has 0 unspecified atom stereocenters. The summed E-state index contributed by atoms with van der Waals surface area (Å²) in [6.07, 6.45) is -0.102. The Morgan fingerprint density at radius 1 is 1.12 bits per heavy atom. The van der Waals surface area contributed by atoms with Crippen LogP contribution in [0.1, 0.15) is 23.2 Å². The lowest BCUT2D eigenvalue weighted by molar-refractivity contribution is -0.142. The Balaban J connectivity index is 2.42. The Labute approximate surface area is 98.8 Å². The summed E-state index contributed by atoms with van der Waals surface area (Å²) in [5, 5.41) is 2.19. The number of hydrogen-bond donors (Lipinski definition) is 1. The van der Waals surface area contributed by atoms with Gasteiger partial charge in [-0.3, -0.25) is 19.7 Å². The Hall–Kier alpha value is -2.17. The van der Waals surface area contributed by atoms with Crippen LogP contribution in [0.25, 0.3) is 0 Å². The molecule has 0 spiro atoms. The Kier molecular flexibility index (Phi) is 4.87. The fourth-order valence-electron chi connectivity index (χ4n) is 1.17. The van der Waals surface area contributed by atoms with E-state index in [-0.39, 0.29) is 12.8 Å². The third-order valence-corrected chi connectivity index (χ3v) is 2.07. The number of carbonyl (C=O) groups is 3. The molecule has 2 amide bonds. The predicted octanol–water partition coefficient (Wildman–Crippen LogP) is 0.896. The van der Waals surface area contributed by atoms with E-state index in [1.54, 1.807) is 30.3 Å². The number of rotatable bonds is 4. The van der Waals surface area contributed by atoms with Crippen LogP contribution in [-0.2, 0) is 14.3 Å². The van der Waals surface area contributed by atoms with Crippen molar-refractivity contribution in [1.29, 1.82) is 0 Å². The second-order valence-corrected chi connectivity index (χ2v) is 3.32. The van der Waals surface area contributed by atoms with Gasteiger partial charge >= 0.3 is 5.97 Å². The van der Waals surface area contributed by atoms with Crippen LogP contribution in [0.2, 0.25) is 0 Å². The lowest BCUT2D eigenvalue weighted by atomic mass is 10.2. The van der Waals surface area contributed by atoms with Crippen LogP contribution in [-0.4, -0.2) is 24.9 Å². The van der Waals surface area contributed by atoms with Crippen molar-refractivity contribution >= 4 is 17.8 Å². The van der Waals surface area contributed by atoms with Gasteiger partial charge in [-0.25, -0.2) is 0 Å². The molecule has 0 radical (unpaired) electrons. The zero-order valence-electron chi connectivity index (χ0n) is 9.43. The summed E-state index contributed by atoms with van der Waals surface area (Å²) < 4.78 is 4.39. The second kappa shape index (κ2) is 6.42. The highest BCUT2D eigenvalue weighted by Gasteiger charge is 2.11. The molecule has 0 aliphatic rings. The Morgan fingerprint density at radius 3 is 2.35 bits per heavy atom. The molecule has 0 aliphatic carbocycles. The summed E-state index contributed by atoms with van der Waals surface area (Å²) in [5.41, 5.74) is 0.402. The van der Waals surface area contributed by atoms with Crippen LogP contribution >= 0.6 is 0 Å². The van der Waals surface area contributed by atoms with E-state index >= 15 is 0 Å². The maximum absolute atomic E-state index is 11.5. The SMILES string of the molecule is COC(=O)CCC(=O)NC(=O)c1ccccc1. The molecule has 0 bridgehead atoms. The van der Waals surface area contributed by atoms with E-state index in [4.69, 9.17) is 0 Å². The first kappa shape index (κ1) is 12.9. The van der Waals surface area contributed by atoms with Gasteiger partial charge in [-0.15, -0.1) is 0 Å². The minimum absolute atomic E-state index is 0.0373. The van der Waals surface area contributed by atoms with Gasteiger partial charge in [0.15, 0.2) is 0 Å². The van der Waals surface area contributed by atoms with E-state index in [2.05, 4.69) is 10.1 Å². The van der Waals surface area contributed by atoms with Gasteiger partial charge in [0, 0.05) is 12.0 Å². The number of ether oxygens (including phenoxy) is 1. The molecule has 1 rings (SSSR count). The molecule has 90 valence electrons. The molecule has 1 N–H and O–H groups in total. The Morgan fingerprint density at radius 2 is 1.76 bits per heavy atom. The molecule has 17 heavy (non-hydrogen) atoms. The van der Waals surface area contributed by atoms with E-state index in [0.717, 1.165) is 0 Å². The molecule has 0 saturated heterocycles. The lowest BCUT2D eigenvalue weighted by Gasteiger charge is -2.03. The zero-order valence-corrected chi connectivity index (χ0v) is 9.43. The number of amides is 2. The summed E-state index contributed by atoms with van der Waals surface area (Å²) in [6, 6.07) is 8.38. The van der Waals surface area contributed by atoms with Crippen molar-refractivity contribution in [2.75, 3.05) is 7.11 Å². The monoisotopic (exact) mass is 235 g/mol. The van der Waals surface area contributed by atoms with Gasteiger partial charge in [0.05, 0.1) is 13.5 Å². The number of methoxy groups -OCH3 is 1. The number of nitrogens with one attached hydrogen (secondary N) is 1. The molecule has 1 aromatic carbocycles. The minimum atomic E-state index is -0.496. The summed E-state index contributed by atoms with van der Waals surface area (Å²) >= 11 is 0. The lowest BCUT2D eigenvalue weighted by Crippen LogP contribution is -2.30. The smallest absolute Gasteiger partial charge is 0.306 e. The highest BCUT2D eigenvalue weighted by Crippen LogP contribution is 1.99. The van der Waals surface area contributed by atoms with Crippen molar-refractivity contribution in [2.24, 2.45) is 0 Å². The third-order valence-electron chi connectivity index (χ3n) is 2.07. The number of carbonyl (C=O) groups excluding carboxylic acids is 3. The largest absolute Gasteiger partial charge is 0.469 e. The molecule has 0 saturated carbocycles. The molecule has 0 atom stereocenters.